The summed E-state index contributed by atoms with van der Waals surface area (Å²) in [7, 11) is 0. The van der Waals surface area contributed by atoms with Crippen LogP contribution < -0.4 is 10.9 Å². The summed E-state index contributed by atoms with van der Waals surface area (Å²) in [5.74, 6) is 2.10. The summed E-state index contributed by atoms with van der Waals surface area (Å²) in [5, 5.41) is 14.0. The molecule has 5 unspecified atom stereocenters. The highest BCUT2D eigenvalue weighted by Gasteiger charge is 2.40. The number of hydrogen-bond acceptors (Lipinski definition) is 4. The van der Waals surface area contributed by atoms with Gasteiger partial charge < -0.3 is 9.88 Å². The standard InChI is InChI=1S/C18H25N3O4/c1-11-6-13-8-12(2)17(14(7-11)9-13)19-16(22)10-20-5-3-4-15(18(20)23)21(24)25/h3-5,11-14,17H,6-10H2,1-2H3,(H,19,22). The zero-order chi connectivity index (χ0) is 18.1. The van der Waals surface area contributed by atoms with Gasteiger partial charge in [-0.25, -0.2) is 0 Å². The average Bonchev–Trinajstić information content (AvgIpc) is 2.52. The van der Waals surface area contributed by atoms with E-state index in [9.17, 15) is 19.7 Å². The van der Waals surface area contributed by atoms with E-state index in [-0.39, 0.29) is 18.5 Å². The van der Waals surface area contributed by atoms with Gasteiger partial charge >= 0.3 is 11.2 Å². The SMILES string of the molecule is CC1CC2CC(C)C(NC(=O)Cn3cccc([N+](=O)[O-])c3=O)C(C1)C2. The van der Waals surface area contributed by atoms with Crippen LogP contribution in [-0.2, 0) is 11.3 Å². The van der Waals surface area contributed by atoms with E-state index in [1.807, 2.05) is 0 Å². The lowest BCUT2D eigenvalue weighted by Crippen LogP contribution is -2.51. The lowest BCUT2D eigenvalue weighted by Gasteiger charge is -2.46. The number of aromatic nitrogens is 1. The quantitative estimate of drug-likeness (QED) is 0.668. The molecule has 1 amide bonds. The zero-order valence-electron chi connectivity index (χ0n) is 14.7. The summed E-state index contributed by atoms with van der Waals surface area (Å²) in [6, 6.07) is 2.70. The minimum Gasteiger partial charge on any atom is -0.351 e. The first-order chi connectivity index (χ1) is 11.8. The van der Waals surface area contributed by atoms with Gasteiger partial charge in [0.15, 0.2) is 0 Å². The highest BCUT2D eigenvalue weighted by Crippen LogP contribution is 2.44. The molecule has 7 heteroatoms. The average molecular weight is 347 g/mol. The molecular weight excluding hydrogens is 322 g/mol. The monoisotopic (exact) mass is 347 g/mol. The maximum atomic E-state index is 12.5. The second-order valence-corrected chi connectivity index (χ2v) is 7.83. The molecule has 2 aliphatic rings. The third-order valence-corrected chi connectivity index (χ3v) is 5.74. The van der Waals surface area contributed by atoms with Crippen LogP contribution in [0.25, 0.3) is 0 Å². The smallest absolute Gasteiger partial charge is 0.334 e. The Morgan fingerprint density at radius 3 is 2.80 bits per heavy atom. The van der Waals surface area contributed by atoms with E-state index in [1.165, 1.54) is 18.7 Å². The number of hydrogen-bond donors (Lipinski definition) is 1. The van der Waals surface area contributed by atoms with Gasteiger partial charge in [0.2, 0.25) is 5.91 Å². The molecule has 5 atom stereocenters. The molecule has 1 aromatic heterocycles. The van der Waals surface area contributed by atoms with Crippen molar-refractivity contribution in [1.82, 2.24) is 9.88 Å². The molecule has 0 radical (unpaired) electrons. The fraction of sp³-hybridized carbons (Fsp3) is 0.667. The van der Waals surface area contributed by atoms with E-state index in [2.05, 4.69) is 19.2 Å². The van der Waals surface area contributed by atoms with Crippen LogP contribution in [0, 0.1) is 33.8 Å². The van der Waals surface area contributed by atoms with E-state index in [0.717, 1.165) is 35.8 Å². The minimum absolute atomic E-state index is 0.126. The van der Waals surface area contributed by atoms with E-state index in [4.69, 9.17) is 0 Å². The Labute approximate surface area is 146 Å². The Hall–Kier alpha value is -2.18. The van der Waals surface area contributed by atoms with Gasteiger partial charge in [-0.1, -0.05) is 13.8 Å². The molecule has 0 spiro atoms. The summed E-state index contributed by atoms with van der Waals surface area (Å²) in [6.07, 6.45) is 6.12. The minimum atomic E-state index is -0.745. The number of carbonyl (C=O) groups is 1. The lowest BCUT2D eigenvalue weighted by molar-refractivity contribution is -0.386. The molecular formula is C18H25N3O4. The van der Waals surface area contributed by atoms with Gasteiger partial charge in [0.25, 0.3) is 0 Å². The third-order valence-electron chi connectivity index (χ3n) is 5.74. The predicted molar refractivity (Wildman–Crippen MR) is 93.1 cm³/mol. The van der Waals surface area contributed by atoms with Gasteiger partial charge in [-0.3, -0.25) is 19.7 Å². The number of nitrogens with zero attached hydrogens (tertiary/aromatic N) is 2. The summed E-state index contributed by atoms with van der Waals surface area (Å²) in [5.41, 5.74) is -1.25. The molecule has 2 bridgehead atoms. The Kier molecular flexibility index (Phi) is 4.92. The highest BCUT2D eigenvalue weighted by molar-refractivity contribution is 5.76. The normalized spacial score (nSPS) is 31.4. The van der Waals surface area contributed by atoms with Crippen LogP contribution in [0.4, 0.5) is 5.69 Å². The Morgan fingerprint density at radius 1 is 1.32 bits per heavy atom. The molecule has 25 heavy (non-hydrogen) atoms. The maximum Gasteiger partial charge on any atom is 0.334 e. The molecule has 0 saturated heterocycles. The molecule has 7 nitrogen and oxygen atoms in total. The zero-order valence-corrected chi connectivity index (χ0v) is 14.7. The van der Waals surface area contributed by atoms with Crippen LogP contribution in [0.5, 0.6) is 0 Å². The van der Waals surface area contributed by atoms with Gasteiger partial charge in [-0.2, -0.15) is 0 Å². The van der Waals surface area contributed by atoms with E-state index in [0.29, 0.717) is 17.8 Å². The van der Waals surface area contributed by atoms with Gasteiger partial charge in [0.05, 0.1) is 4.92 Å². The molecule has 1 N–H and O–H groups in total. The first-order valence-corrected chi connectivity index (χ1v) is 8.98. The second kappa shape index (κ2) is 6.98. The van der Waals surface area contributed by atoms with Crippen molar-refractivity contribution in [3.8, 4) is 0 Å². The molecule has 0 aliphatic heterocycles. The number of pyridine rings is 1. The number of fused-ring (bicyclic) bond motifs is 2. The molecule has 2 saturated carbocycles. The Morgan fingerprint density at radius 2 is 2.08 bits per heavy atom. The van der Waals surface area contributed by atoms with Crippen molar-refractivity contribution in [3.63, 3.8) is 0 Å². The lowest BCUT2D eigenvalue weighted by atomic mass is 9.63. The van der Waals surface area contributed by atoms with Gasteiger partial charge in [0.1, 0.15) is 6.54 Å². The van der Waals surface area contributed by atoms with Crippen LogP contribution in [-0.4, -0.2) is 21.4 Å². The van der Waals surface area contributed by atoms with Crippen molar-refractivity contribution in [2.75, 3.05) is 0 Å². The molecule has 2 aliphatic carbocycles. The fourth-order valence-electron chi connectivity index (χ4n) is 4.86. The number of amides is 1. The van der Waals surface area contributed by atoms with E-state index < -0.39 is 16.2 Å². The van der Waals surface area contributed by atoms with E-state index in [1.54, 1.807) is 0 Å². The van der Waals surface area contributed by atoms with Crippen LogP contribution in [0.3, 0.4) is 0 Å². The van der Waals surface area contributed by atoms with Crippen LogP contribution in [0.15, 0.2) is 23.1 Å². The molecule has 3 rings (SSSR count). The molecule has 0 aromatic carbocycles. The number of nitro groups is 1. The summed E-state index contributed by atoms with van der Waals surface area (Å²) < 4.78 is 1.10. The predicted octanol–water partition coefficient (Wildman–Crippen LogP) is 2.33. The maximum absolute atomic E-state index is 12.5. The van der Waals surface area contributed by atoms with Crippen molar-refractivity contribution in [2.45, 2.75) is 52.1 Å². The van der Waals surface area contributed by atoms with Crippen molar-refractivity contribution < 1.29 is 9.72 Å². The summed E-state index contributed by atoms with van der Waals surface area (Å²) in [6.45, 7) is 4.27. The van der Waals surface area contributed by atoms with Gasteiger partial charge in [-0.15, -0.1) is 0 Å². The molecule has 136 valence electrons. The Balaban J connectivity index is 1.69. The Bertz CT molecular complexity index is 725. The van der Waals surface area contributed by atoms with Gasteiger partial charge in [-0.05, 0) is 55.4 Å². The van der Waals surface area contributed by atoms with Crippen molar-refractivity contribution in [3.05, 3.63) is 38.8 Å². The fourth-order valence-corrected chi connectivity index (χ4v) is 4.86. The second-order valence-electron chi connectivity index (χ2n) is 7.83. The summed E-state index contributed by atoms with van der Waals surface area (Å²) >= 11 is 0. The topological polar surface area (TPSA) is 94.2 Å². The van der Waals surface area contributed by atoms with E-state index >= 15 is 0 Å². The molecule has 1 heterocycles. The number of carbonyl (C=O) groups excluding carboxylic acids is 1. The van der Waals surface area contributed by atoms with Crippen LogP contribution in [0.1, 0.15) is 39.5 Å². The first-order valence-electron chi connectivity index (χ1n) is 8.98. The third kappa shape index (κ3) is 3.75. The molecule has 1 aromatic rings. The summed E-state index contributed by atoms with van der Waals surface area (Å²) in [4.78, 5) is 34.7. The van der Waals surface area contributed by atoms with Crippen molar-refractivity contribution in [1.29, 1.82) is 0 Å². The van der Waals surface area contributed by atoms with Crippen LogP contribution >= 0.6 is 0 Å². The largest absolute Gasteiger partial charge is 0.351 e. The van der Waals surface area contributed by atoms with Crippen LogP contribution in [0.2, 0.25) is 0 Å². The van der Waals surface area contributed by atoms with Crippen molar-refractivity contribution in [2.24, 2.45) is 23.7 Å². The number of rotatable bonds is 4. The first kappa shape index (κ1) is 17.6. The van der Waals surface area contributed by atoms with Crippen molar-refractivity contribution >= 4 is 11.6 Å². The molecule has 2 fully saturated rings. The number of nitrogens with one attached hydrogen (secondary N) is 1. The van der Waals surface area contributed by atoms with Gasteiger partial charge in [0, 0.05) is 18.3 Å². The highest BCUT2D eigenvalue weighted by atomic mass is 16.6.